The number of aliphatic hydroxyl groups is 1. The smallest absolute Gasteiger partial charge is 0.140 e. The molecule has 17 heavy (non-hydrogen) atoms. The van der Waals surface area contributed by atoms with Crippen LogP contribution in [0, 0.1) is 6.92 Å². The Balaban J connectivity index is 2.20. The largest absolute Gasteiger partial charge is 0.390 e. The third-order valence-electron chi connectivity index (χ3n) is 2.98. The Morgan fingerprint density at radius 1 is 1.29 bits per heavy atom. The molecular weight excluding hydrogens is 214 g/mol. The molecule has 2 heterocycles. The van der Waals surface area contributed by atoms with Crippen molar-refractivity contribution in [2.75, 3.05) is 0 Å². The zero-order valence-electron chi connectivity index (χ0n) is 9.49. The molecule has 0 bridgehead atoms. The van der Waals surface area contributed by atoms with Crippen LogP contribution in [0.25, 0.3) is 22.3 Å². The first-order chi connectivity index (χ1) is 8.29. The monoisotopic (exact) mass is 227 g/mol. The lowest BCUT2D eigenvalue weighted by Crippen LogP contribution is -1.85. The highest BCUT2D eigenvalue weighted by atomic mass is 16.3. The number of hydrogen-bond donors (Lipinski definition) is 3. The van der Waals surface area contributed by atoms with Crippen LogP contribution in [-0.4, -0.2) is 20.1 Å². The normalized spacial score (nSPS) is 11.2. The van der Waals surface area contributed by atoms with E-state index in [0.717, 1.165) is 28.0 Å². The van der Waals surface area contributed by atoms with Gasteiger partial charge < -0.3 is 15.1 Å². The predicted molar refractivity (Wildman–Crippen MR) is 66.5 cm³/mol. The highest BCUT2D eigenvalue weighted by molar-refractivity contribution is 5.93. The number of fused-ring (bicyclic) bond motifs is 1. The molecule has 0 aliphatic heterocycles. The minimum atomic E-state index is -0.0370. The lowest BCUT2D eigenvalue weighted by molar-refractivity contribution is 0.276. The molecule has 0 fully saturated rings. The van der Waals surface area contributed by atoms with Gasteiger partial charge in [0.05, 0.1) is 12.3 Å². The first-order valence-corrected chi connectivity index (χ1v) is 5.52. The summed E-state index contributed by atoms with van der Waals surface area (Å²) >= 11 is 0. The van der Waals surface area contributed by atoms with Crippen molar-refractivity contribution >= 4 is 10.9 Å². The molecular formula is C13H13N3O. The predicted octanol–water partition coefficient (Wildman–Crippen LogP) is 2.36. The second-order valence-electron chi connectivity index (χ2n) is 4.06. The molecule has 4 heteroatoms. The van der Waals surface area contributed by atoms with E-state index < -0.39 is 0 Å². The molecule has 3 aromatic rings. The summed E-state index contributed by atoms with van der Waals surface area (Å²) in [7, 11) is 0. The Bertz CT molecular complexity index is 666. The topological polar surface area (TPSA) is 64.7 Å². The van der Waals surface area contributed by atoms with Crippen LogP contribution in [0.3, 0.4) is 0 Å². The van der Waals surface area contributed by atoms with E-state index >= 15 is 0 Å². The number of hydrogen-bond acceptors (Lipinski definition) is 2. The maximum absolute atomic E-state index is 9.15. The van der Waals surface area contributed by atoms with E-state index in [9.17, 15) is 0 Å². The molecule has 0 atom stereocenters. The van der Waals surface area contributed by atoms with Crippen LogP contribution in [0.4, 0.5) is 0 Å². The molecule has 0 unspecified atom stereocenters. The van der Waals surface area contributed by atoms with Gasteiger partial charge in [0.15, 0.2) is 0 Å². The molecule has 0 saturated heterocycles. The number of nitrogens with one attached hydrogen (secondary N) is 2. The number of nitrogens with zero attached hydrogens (tertiary/aromatic N) is 1. The fourth-order valence-corrected chi connectivity index (χ4v) is 2.05. The van der Waals surface area contributed by atoms with Crippen LogP contribution in [-0.2, 0) is 6.61 Å². The zero-order valence-corrected chi connectivity index (χ0v) is 9.49. The van der Waals surface area contributed by atoms with Crippen molar-refractivity contribution < 1.29 is 5.11 Å². The van der Waals surface area contributed by atoms with E-state index in [-0.39, 0.29) is 6.61 Å². The zero-order chi connectivity index (χ0) is 11.8. The quantitative estimate of drug-likeness (QED) is 0.629. The molecule has 3 rings (SSSR count). The van der Waals surface area contributed by atoms with Crippen LogP contribution in [0.5, 0.6) is 0 Å². The van der Waals surface area contributed by atoms with Crippen LogP contribution in [0.15, 0.2) is 30.5 Å². The molecule has 2 aromatic heterocycles. The van der Waals surface area contributed by atoms with Crippen molar-refractivity contribution in [2.45, 2.75) is 13.5 Å². The Morgan fingerprint density at radius 2 is 2.12 bits per heavy atom. The Kier molecular flexibility index (Phi) is 2.23. The Hall–Kier alpha value is -2.07. The maximum atomic E-state index is 9.15. The summed E-state index contributed by atoms with van der Waals surface area (Å²) in [5.74, 6) is 0.795. The van der Waals surface area contributed by atoms with Crippen molar-refractivity contribution in [3.8, 4) is 11.4 Å². The average Bonchev–Trinajstić information content (AvgIpc) is 2.92. The van der Waals surface area contributed by atoms with E-state index in [0.29, 0.717) is 5.69 Å². The third-order valence-corrected chi connectivity index (χ3v) is 2.98. The SMILES string of the molecule is Cc1[nH]c(-c2c[nH]c3ccccc23)nc1CO. The number of H-pyrrole nitrogens is 2. The molecule has 86 valence electrons. The standard InChI is InChI=1S/C13H13N3O/c1-8-12(7-17)16-13(15-8)10-6-14-11-5-3-2-4-9(10)11/h2-6,14,17H,7H2,1H3,(H,15,16). The molecule has 0 aliphatic carbocycles. The second-order valence-corrected chi connectivity index (χ2v) is 4.06. The summed E-state index contributed by atoms with van der Waals surface area (Å²) in [6.45, 7) is 1.88. The minimum absolute atomic E-state index is 0.0370. The van der Waals surface area contributed by atoms with Gasteiger partial charge in [-0.1, -0.05) is 18.2 Å². The summed E-state index contributed by atoms with van der Waals surface area (Å²) in [4.78, 5) is 10.8. The fourth-order valence-electron chi connectivity index (χ4n) is 2.05. The van der Waals surface area contributed by atoms with Crippen LogP contribution in [0.2, 0.25) is 0 Å². The van der Waals surface area contributed by atoms with Gasteiger partial charge in [0, 0.05) is 28.4 Å². The van der Waals surface area contributed by atoms with Gasteiger partial charge >= 0.3 is 0 Å². The van der Waals surface area contributed by atoms with Gasteiger partial charge in [-0.25, -0.2) is 4.98 Å². The number of para-hydroxylation sites is 1. The fraction of sp³-hybridized carbons (Fsp3) is 0.154. The van der Waals surface area contributed by atoms with E-state index in [4.69, 9.17) is 5.11 Å². The molecule has 4 nitrogen and oxygen atoms in total. The first-order valence-electron chi connectivity index (χ1n) is 5.52. The van der Waals surface area contributed by atoms with E-state index in [1.807, 2.05) is 31.3 Å². The van der Waals surface area contributed by atoms with Crippen LogP contribution in [0.1, 0.15) is 11.4 Å². The number of aliphatic hydroxyl groups excluding tert-OH is 1. The lowest BCUT2D eigenvalue weighted by Gasteiger charge is -1.93. The number of aromatic nitrogens is 3. The van der Waals surface area contributed by atoms with Gasteiger partial charge in [-0.2, -0.15) is 0 Å². The van der Waals surface area contributed by atoms with Crippen molar-refractivity contribution in [2.24, 2.45) is 0 Å². The number of imidazole rings is 1. The van der Waals surface area contributed by atoms with Crippen LogP contribution >= 0.6 is 0 Å². The van der Waals surface area contributed by atoms with Gasteiger partial charge in [0.25, 0.3) is 0 Å². The van der Waals surface area contributed by atoms with Gasteiger partial charge in [-0.05, 0) is 13.0 Å². The van der Waals surface area contributed by atoms with Crippen molar-refractivity contribution in [3.63, 3.8) is 0 Å². The minimum Gasteiger partial charge on any atom is -0.390 e. The number of aryl methyl sites for hydroxylation is 1. The molecule has 0 radical (unpaired) electrons. The average molecular weight is 227 g/mol. The van der Waals surface area contributed by atoms with E-state index in [2.05, 4.69) is 21.0 Å². The summed E-state index contributed by atoms with van der Waals surface area (Å²) < 4.78 is 0. The Labute approximate surface area is 98.3 Å². The molecule has 0 amide bonds. The molecule has 3 N–H and O–H groups in total. The maximum Gasteiger partial charge on any atom is 0.140 e. The number of rotatable bonds is 2. The van der Waals surface area contributed by atoms with Crippen LogP contribution < -0.4 is 0 Å². The third kappa shape index (κ3) is 1.54. The van der Waals surface area contributed by atoms with Gasteiger partial charge in [0.2, 0.25) is 0 Å². The molecule has 1 aromatic carbocycles. The highest BCUT2D eigenvalue weighted by Gasteiger charge is 2.11. The second kappa shape index (κ2) is 3.75. The molecule has 0 aliphatic rings. The summed E-state index contributed by atoms with van der Waals surface area (Å²) in [5.41, 5.74) is 3.73. The van der Waals surface area contributed by atoms with Gasteiger partial charge in [0.1, 0.15) is 5.82 Å². The summed E-state index contributed by atoms with van der Waals surface area (Å²) in [6.07, 6.45) is 1.93. The van der Waals surface area contributed by atoms with Gasteiger partial charge in [-0.3, -0.25) is 0 Å². The van der Waals surface area contributed by atoms with Gasteiger partial charge in [-0.15, -0.1) is 0 Å². The van der Waals surface area contributed by atoms with Crippen molar-refractivity contribution in [3.05, 3.63) is 41.9 Å². The molecule has 0 spiro atoms. The van der Waals surface area contributed by atoms with E-state index in [1.54, 1.807) is 0 Å². The van der Waals surface area contributed by atoms with E-state index in [1.165, 1.54) is 0 Å². The molecule has 0 saturated carbocycles. The summed E-state index contributed by atoms with van der Waals surface area (Å²) in [5, 5.41) is 10.3. The highest BCUT2D eigenvalue weighted by Crippen LogP contribution is 2.26. The Morgan fingerprint density at radius 3 is 2.88 bits per heavy atom. The number of aromatic amines is 2. The lowest BCUT2D eigenvalue weighted by atomic mass is 10.2. The van der Waals surface area contributed by atoms with Crippen molar-refractivity contribution in [1.82, 2.24) is 15.0 Å². The summed E-state index contributed by atoms with van der Waals surface area (Å²) in [6, 6.07) is 8.08. The number of benzene rings is 1. The van der Waals surface area contributed by atoms with Crippen molar-refractivity contribution in [1.29, 1.82) is 0 Å². The first kappa shape index (κ1) is 10.1.